The topological polar surface area (TPSA) is 94.4 Å². The molecule has 0 spiro atoms. The van der Waals surface area contributed by atoms with E-state index >= 15 is 4.39 Å². The Morgan fingerprint density at radius 1 is 1.14 bits per heavy atom. The van der Waals surface area contributed by atoms with Crippen LogP contribution in [0, 0.1) is 5.82 Å². The lowest BCUT2D eigenvalue weighted by atomic mass is 9.90. The highest BCUT2D eigenvalue weighted by atomic mass is 79.9. The van der Waals surface area contributed by atoms with E-state index in [1.165, 1.54) is 6.07 Å². The van der Waals surface area contributed by atoms with Crippen molar-refractivity contribution in [2.24, 2.45) is 0 Å². The summed E-state index contributed by atoms with van der Waals surface area (Å²) in [6, 6.07) is 12.5. The van der Waals surface area contributed by atoms with Crippen LogP contribution in [0.25, 0.3) is 22.4 Å². The molecule has 1 aliphatic heterocycles. The van der Waals surface area contributed by atoms with Crippen molar-refractivity contribution in [2.75, 3.05) is 25.1 Å². The lowest BCUT2D eigenvalue weighted by Crippen LogP contribution is -2.54. The molecule has 1 fully saturated rings. The zero-order chi connectivity index (χ0) is 30.2. The largest absolute Gasteiger partial charge is 0.497 e. The van der Waals surface area contributed by atoms with Gasteiger partial charge in [0.15, 0.2) is 17.3 Å². The van der Waals surface area contributed by atoms with Crippen LogP contribution >= 0.6 is 27.5 Å². The van der Waals surface area contributed by atoms with Gasteiger partial charge in [0, 0.05) is 24.2 Å². The number of nitrogens with one attached hydrogen (secondary N) is 1. The molecule has 1 amide bonds. The zero-order valence-corrected chi connectivity index (χ0v) is 26.5. The summed E-state index contributed by atoms with van der Waals surface area (Å²) >= 11 is 9.73. The van der Waals surface area contributed by atoms with Gasteiger partial charge in [-0.05, 0) is 86.3 Å². The number of ether oxygens (including phenoxy) is 2. The van der Waals surface area contributed by atoms with Crippen LogP contribution < -0.4 is 15.0 Å². The van der Waals surface area contributed by atoms with Crippen LogP contribution in [0.5, 0.6) is 5.75 Å². The van der Waals surface area contributed by atoms with Crippen molar-refractivity contribution in [3.8, 4) is 17.0 Å². The molecule has 42 heavy (non-hydrogen) atoms. The molecule has 4 aromatic rings. The van der Waals surface area contributed by atoms with E-state index in [-0.39, 0.29) is 10.6 Å². The third-order valence-corrected chi connectivity index (χ3v) is 8.00. The van der Waals surface area contributed by atoms with Crippen molar-refractivity contribution in [1.82, 2.24) is 25.1 Å². The minimum absolute atomic E-state index is 0.00496. The number of anilines is 1. The van der Waals surface area contributed by atoms with Gasteiger partial charge in [-0.3, -0.25) is 0 Å². The fourth-order valence-corrected chi connectivity index (χ4v) is 5.61. The molecule has 5 rings (SSSR count). The molecule has 9 nitrogen and oxygen atoms in total. The summed E-state index contributed by atoms with van der Waals surface area (Å²) in [6.45, 7) is 9.20. The van der Waals surface area contributed by atoms with E-state index in [1.807, 2.05) is 52.0 Å². The predicted molar refractivity (Wildman–Crippen MR) is 165 cm³/mol. The molecule has 0 unspecified atom stereocenters. The lowest BCUT2D eigenvalue weighted by molar-refractivity contribution is 0.0448. The van der Waals surface area contributed by atoms with Crippen LogP contribution in [0.15, 0.2) is 47.1 Å². The van der Waals surface area contributed by atoms with Crippen molar-refractivity contribution in [2.45, 2.75) is 58.2 Å². The highest BCUT2D eigenvalue weighted by Crippen LogP contribution is 2.36. The van der Waals surface area contributed by atoms with Gasteiger partial charge < -0.3 is 19.7 Å². The number of fused-ring (bicyclic) bond motifs is 1. The summed E-state index contributed by atoms with van der Waals surface area (Å²) < 4.78 is 28.2. The Morgan fingerprint density at radius 3 is 2.48 bits per heavy atom. The molecule has 222 valence electrons. The predicted octanol–water partition coefficient (Wildman–Crippen LogP) is 6.99. The maximum atomic E-state index is 15.2. The van der Waals surface area contributed by atoms with Gasteiger partial charge in [-0.15, -0.1) is 0 Å². The number of carbonyl (C=O) groups is 1. The standard InChI is InChI=1S/C30H33BrClFN6O3/c1-29(2,3)42-28(40)36-30(4)13-15-38(16-14-30)27-25(31)34-24-23(20-7-6-8-21(32)22(20)33)37-39(26(24)35-27)17-18-9-11-19(41-5)12-10-18/h6-12H,13-17H2,1-5H3,(H,36,40). The number of aromatic nitrogens is 4. The number of carbonyl (C=O) groups excluding carboxylic acids is 1. The molecular weight excluding hydrogens is 627 g/mol. The van der Waals surface area contributed by atoms with Crippen LogP contribution in [0.4, 0.5) is 15.0 Å². The number of amides is 1. The fourth-order valence-electron chi connectivity index (χ4n) is 4.92. The van der Waals surface area contributed by atoms with E-state index in [0.717, 1.165) is 11.3 Å². The molecule has 0 aliphatic carbocycles. The van der Waals surface area contributed by atoms with E-state index in [2.05, 4.69) is 26.1 Å². The van der Waals surface area contributed by atoms with Gasteiger partial charge in [0.1, 0.15) is 27.2 Å². The van der Waals surface area contributed by atoms with Gasteiger partial charge in [0.2, 0.25) is 0 Å². The Bertz CT molecular complexity index is 1610. The molecule has 12 heteroatoms. The number of alkyl carbamates (subject to hydrolysis) is 1. The summed E-state index contributed by atoms with van der Waals surface area (Å²) in [6.07, 6.45) is 0.939. The number of hydrogen-bond acceptors (Lipinski definition) is 7. The molecule has 0 radical (unpaired) electrons. The summed E-state index contributed by atoms with van der Waals surface area (Å²) in [7, 11) is 1.62. The fraction of sp³-hybridized carbons (Fsp3) is 0.400. The van der Waals surface area contributed by atoms with E-state index in [0.29, 0.717) is 59.8 Å². The normalized spacial score (nSPS) is 15.1. The summed E-state index contributed by atoms with van der Waals surface area (Å²) in [5.41, 5.74) is 1.54. The van der Waals surface area contributed by atoms with Crippen molar-refractivity contribution in [3.05, 3.63) is 63.5 Å². The van der Waals surface area contributed by atoms with Gasteiger partial charge in [0.05, 0.1) is 18.7 Å². The molecule has 1 N–H and O–H groups in total. The van der Waals surface area contributed by atoms with E-state index < -0.39 is 23.1 Å². The summed E-state index contributed by atoms with van der Waals surface area (Å²) in [5.74, 6) is 0.829. The second kappa shape index (κ2) is 11.7. The molecule has 1 saturated heterocycles. The highest BCUT2D eigenvalue weighted by Gasteiger charge is 2.34. The maximum absolute atomic E-state index is 15.2. The SMILES string of the molecule is COc1ccc(Cn2nc(-c3cccc(Cl)c3F)c3nc(Br)c(N4CCC(C)(NC(=O)OC(C)(C)C)CC4)nc32)cc1. The molecule has 2 aromatic carbocycles. The van der Waals surface area contributed by atoms with Gasteiger partial charge in [-0.2, -0.15) is 5.10 Å². The highest BCUT2D eigenvalue weighted by molar-refractivity contribution is 9.10. The second-order valence-electron chi connectivity index (χ2n) is 11.6. The lowest BCUT2D eigenvalue weighted by Gasteiger charge is -2.40. The van der Waals surface area contributed by atoms with Crippen LogP contribution in [-0.4, -0.2) is 57.2 Å². The number of halogens is 3. The van der Waals surface area contributed by atoms with E-state index in [4.69, 9.17) is 36.1 Å². The summed E-state index contributed by atoms with van der Waals surface area (Å²) in [5, 5.41) is 7.82. The smallest absolute Gasteiger partial charge is 0.408 e. The number of nitrogens with zero attached hydrogens (tertiary/aromatic N) is 5. The average Bonchev–Trinajstić information content (AvgIpc) is 3.26. The van der Waals surface area contributed by atoms with Crippen LogP contribution in [0.3, 0.4) is 0 Å². The van der Waals surface area contributed by atoms with Crippen molar-refractivity contribution in [1.29, 1.82) is 0 Å². The van der Waals surface area contributed by atoms with Crippen LogP contribution in [0.1, 0.15) is 46.1 Å². The quantitative estimate of drug-likeness (QED) is 0.239. The Labute approximate surface area is 257 Å². The number of benzene rings is 2. The minimum atomic E-state index is -0.571. The molecule has 0 atom stereocenters. The van der Waals surface area contributed by atoms with Gasteiger partial charge in [0.25, 0.3) is 0 Å². The van der Waals surface area contributed by atoms with Gasteiger partial charge in [-0.25, -0.2) is 23.8 Å². The van der Waals surface area contributed by atoms with Crippen LogP contribution in [0.2, 0.25) is 5.02 Å². The van der Waals surface area contributed by atoms with Crippen molar-refractivity contribution in [3.63, 3.8) is 0 Å². The summed E-state index contributed by atoms with van der Waals surface area (Å²) in [4.78, 5) is 24.4. The Kier molecular flexibility index (Phi) is 8.35. The monoisotopic (exact) mass is 658 g/mol. The first-order valence-electron chi connectivity index (χ1n) is 13.6. The molecule has 0 saturated carbocycles. The first kappa shape index (κ1) is 30.0. The first-order valence-corrected chi connectivity index (χ1v) is 14.8. The molecule has 2 aromatic heterocycles. The molecule has 3 heterocycles. The van der Waals surface area contributed by atoms with E-state index in [1.54, 1.807) is 23.9 Å². The van der Waals surface area contributed by atoms with Crippen molar-refractivity contribution < 1.29 is 18.7 Å². The Hall–Kier alpha value is -3.44. The minimum Gasteiger partial charge on any atom is -0.497 e. The molecule has 0 bridgehead atoms. The number of methoxy groups -OCH3 is 1. The number of hydrogen-bond donors (Lipinski definition) is 1. The van der Waals surface area contributed by atoms with Crippen molar-refractivity contribution >= 4 is 50.6 Å². The van der Waals surface area contributed by atoms with E-state index in [9.17, 15) is 4.79 Å². The third kappa shape index (κ3) is 6.47. The van der Waals surface area contributed by atoms with Gasteiger partial charge in [-0.1, -0.05) is 29.8 Å². The Balaban J connectivity index is 1.48. The maximum Gasteiger partial charge on any atom is 0.408 e. The third-order valence-electron chi connectivity index (χ3n) is 7.17. The number of piperidine rings is 1. The second-order valence-corrected chi connectivity index (χ2v) is 12.8. The average molecular weight is 660 g/mol. The number of rotatable bonds is 6. The Morgan fingerprint density at radius 2 is 1.83 bits per heavy atom. The van der Waals surface area contributed by atoms with Gasteiger partial charge >= 0.3 is 6.09 Å². The first-order chi connectivity index (χ1) is 19.9. The zero-order valence-electron chi connectivity index (χ0n) is 24.2. The van der Waals surface area contributed by atoms with Crippen LogP contribution in [-0.2, 0) is 11.3 Å². The molecular formula is C30H33BrClFN6O3. The molecule has 1 aliphatic rings.